The maximum atomic E-state index is 13.9. The normalized spacial score (nSPS) is 15.0. The number of carboxylic acids is 4. The van der Waals surface area contributed by atoms with Crippen LogP contribution in [0.15, 0.2) is 187 Å². The van der Waals surface area contributed by atoms with E-state index in [1.54, 1.807) is 84.5 Å². The van der Waals surface area contributed by atoms with Gasteiger partial charge in [-0.3, -0.25) is 19.2 Å². The number of aryl methyl sites for hydroxylation is 1. The molecule has 108 heavy (non-hydrogen) atoms. The van der Waals surface area contributed by atoms with Gasteiger partial charge in [0, 0.05) is 169 Å². The molecule has 0 saturated carbocycles. The second-order valence-corrected chi connectivity index (χ2v) is 34.9. The van der Waals surface area contributed by atoms with Crippen LogP contribution in [0.25, 0.3) is 65.9 Å². The summed E-state index contributed by atoms with van der Waals surface area (Å²) in [7, 11) is -14.5. The molecule has 0 fully saturated rings. The zero-order valence-electron chi connectivity index (χ0n) is 56.7. The van der Waals surface area contributed by atoms with Crippen molar-refractivity contribution in [2.24, 2.45) is 0 Å². The van der Waals surface area contributed by atoms with Gasteiger partial charge in [0.25, 0.3) is 0 Å². The summed E-state index contributed by atoms with van der Waals surface area (Å²) >= 11 is 30.3. The molecule has 8 heterocycles. The standard InChI is InChI=1S/C20H16ClNO4S.C19H13Cl2NO4S.2C19H13ClFNO4S/c1-11-3-5-17-15(7-11)20(12(2)22(17)9-19(23)24)16-10-27(25,26)18-6-4-13(21)8-14(16)18;1-10-19(13-4-2-12(21)7-16(13)22(10)8-18(23)24)15-9-27(25,26)17-5-3-11(20)6-14(15)17;1-10-19(13-4-3-12(21)7-16(13)22(10)8-18(23)24)15-9-27(25,26)17-5-2-11(20)6-14(15)17;1-10-19(14-7-12(21)3-5-16(14)22(10)8-18(23)24)15-9-27(25,26)17-6-11(20)2-4-13(15)17/h3-8,10H,9H2,1-2H3,(H,23,24);3*2-7,9H,8H2,1H3,(H,23,24). The number of rotatable bonds is 12. The molecule has 0 bridgehead atoms. The van der Waals surface area contributed by atoms with E-state index >= 15 is 0 Å². The van der Waals surface area contributed by atoms with Crippen LogP contribution in [0.1, 0.15) is 72.8 Å². The van der Waals surface area contributed by atoms with Crippen molar-refractivity contribution in [1.82, 2.24) is 18.3 Å². The quantitative estimate of drug-likeness (QED) is 0.0883. The number of nitrogens with zero attached hydrogens (tertiary/aromatic N) is 4. The first-order chi connectivity index (χ1) is 50.7. The Kier molecular flexibility index (Phi) is 19.8. The van der Waals surface area contributed by atoms with E-state index in [0.29, 0.717) is 136 Å². The molecule has 552 valence electrons. The largest absolute Gasteiger partial charge is 0.480 e. The van der Waals surface area contributed by atoms with Crippen LogP contribution in [0, 0.1) is 46.3 Å². The zero-order valence-corrected chi connectivity index (χ0v) is 63.8. The third kappa shape index (κ3) is 13.8. The Morgan fingerprint density at radius 2 is 0.611 bits per heavy atom. The van der Waals surface area contributed by atoms with Gasteiger partial charge in [0.1, 0.15) is 37.8 Å². The van der Waals surface area contributed by atoms with Crippen LogP contribution in [-0.2, 0) is 84.7 Å². The number of benzene rings is 8. The summed E-state index contributed by atoms with van der Waals surface area (Å²) in [6.45, 7) is 7.75. The van der Waals surface area contributed by atoms with Crippen molar-refractivity contribution >= 4 is 187 Å². The molecule has 0 unspecified atom stereocenters. The molecule has 0 aliphatic carbocycles. The van der Waals surface area contributed by atoms with Gasteiger partial charge >= 0.3 is 23.9 Å². The first-order valence-electron chi connectivity index (χ1n) is 32.2. The number of halogens is 7. The Balaban J connectivity index is 0.000000127. The lowest BCUT2D eigenvalue weighted by molar-refractivity contribution is -0.138. The molecule has 4 aliphatic rings. The summed E-state index contributed by atoms with van der Waals surface area (Å²) in [5, 5.41) is 46.4. The Labute approximate surface area is 639 Å². The van der Waals surface area contributed by atoms with E-state index < -0.39 is 74.9 Å². The molecule has 20 nitrogen and oxygen atoms in total. The zero-order chi connectivity index (χ0) is 78.0. The Hall–Kier alpha value is -10.1. The summed E-state index contributed by atoms with van der Waals surface area (Å²) in [6, 6.07) is 37.4. The van der Waals surface area contributed by atoms with Gasteiger partial charge in [-0.1, -0.05) is 81.8 Å². The Morgan fingerprint density at radius 1 is 0.315 bits per heavy atom. The molecular weight excluding hydrogens is 1580 g/mol. The molecule has 4 aliphatic heterocycles. The van der Waals surface area contributed by atoms with Crippen molar-refractivity contribution in [2.75, 3.05) is 0 Å². The van der Waals surface area contributed by atoms with Crippen LogP contribution < -0.4 is 0 Å². The van der Waals surface area contributed by atoms with Crippen LogP contribution in [0.4, 0.5) is 8.78 Å². The molecule has 12 aromatic rings. The summed E-state index contributed by atoms with van der Waals surface area (Å²) in [5.74, 6) is -5.09. The van der Waals surface area contributed by atoms with Crippen molar-refractivity contribution in [3.05, 3.63) is 277 Å². The molecule has 0 saturated heterocycles. The highest BCUT2D eigenvalue weighted by molar-refractivity contribution is 7.95. The minimum atomic E-state index is -3.70. The van der Waals surface area contributed by atoms with Crippen molar-refractivity contribution in [3.8, 4) is 0 Å². The number of hydrogen-bond donors (Lipinski definition) is 4. The Bertz CT molecular complexity index is 6490. The van der Waals surface area contributed by atoms with Gasteiger partial charge < -0.3 is 38.7 Å². The third-order valence-electron chi connectivity index (χ3n) is 18.8. The molecule has 0 atom stereocenters. The molecular formula is C77H55Cl5F2N4O16S4. The number of carbonyl (C=O) groups is 4. The van der Waals surface area contributed by atoms with Gasteiger partial charge in [-0.2, -0.15) is 0 Å². The SMILES string of the molecule is Cc1c(C2=CS(=O)(=O)c3cc(Cl)ccc32)c2cc(F)ccc2n1CC(=O)O.Cc1c(C2=CS(=O)(=O)c3ccc(Cl)cc32)c2ccc(Cl)cc2n1CC(=O)O.Cc1c(C2=CS(=O)(=O)c3ccc(Cl)cc32)c2ccc(F)cc2n1CC(=O)O.Cc1ccc2c(c1)c(C1=CS(=O)(=O)c3ccc(Cl)cc31)c(C)n2CC(=O)O. The number of carboxylic acid groups (broad SMARTS) is 4. The van der Waals surface area contributed by atoms with Gasteiger partial charge in [-0.25, -0.2) is 42.5 Å². The topological polar surface area (TPSA) is 305 Å². The molecule has 4 N–H and O–H groups in total. The number of aromatic nitrogens is 4. The lowest BCUT2D eigenvalue weighted by Crippen LogP contribution is -2.10. The maximum Gasteiger partial charge on any atom is 0.323 e. The summed E-state index contributed by atoms with van der Waals surface area (Å²) in [4.78, 5) is 45.9. The fourth-order valence-corrected chi connectivity index (χ4v) is 21.0. The smallest absolute Gasteiger partial charge is 0.323 e. The van der Waals surface area contributed by atoms with Crippen molar-refractivity contribution in [1.29, 1.82) is 0 Å². The van der Waals surface area contributed by atoms with Crippen LogP contribution in [0.2, 0.25) is 25.1 Å². The number of hydrogen-bond acceptors (Lipinski definition) is 12. The first kappa shape index (κ1) is 76.1. The Morgan fingerprint density at radius 3 is 1.03 bits per heavy atom. The molecule has 8 aromatic carbocycles. The second-order valence-electron chi connectivity index (χ2n) is 25.6. The van der Waals surface area contributed by atoms with Crippen molar-refractivity contribution in [2.45, 2.75) is 80.4 Å². The summed E-state index contributed by atoms with van der Waals surface area (Å²) in [6.07, 6.45) is 0. The average molecular weight is 1640 g/mol. The van der Waals surface area contributed by atoms with E-state index in [-0.39, 0.29) is 45.8 Å². The van der Waals surface area contributed by atoms with E-state index in [1.165, 1.54) is 92.7 Å². The average Bonchev–Trinajstić information content (AvgIpc) is 1.59. The fourth-order valence-electron chi connectivity index (χ4n) is 14.4. The highest BCUT2D eigenvalue weighted by Gasteiger charge is 2.37. The minimum absolute atomic E-state index is 0.0833. The number of sulfone groups is 4. The molecule has 0 amide bonds. The predicted molar refractivity (Wildman–Crippen MR) is 410 cm³/mol. The lowest BCUT2D eigenvalue weighted by Gasteiger charge is -2.08. The van der Waals surface area contributed by atoms with E-state index in [0.717, 1.165) is 38.2 Å². The van der Waals surface area contributed by atoms with Crippen LogP contribution in [0.3, 0.4) is 0 Å². The van der Waals surface area contributed by atoms with E-state index in [2.05, 4.69) is 0 Å². The van der Waals surface area contributed by atoms with Crippen molar-refractivity contribution < 1.29 is 82.1 Å². The summed E-state index contributed by atoms with van der Waals surface area (Å²) < 4.78 is 135. The fraction of sp³-hybridized carbons (Fsp3) is 0.117. The lowest BCUT2D eigenvalue weighted by atomic mass is 9.96. The van der Waals surface area contributed by atoms with Crippen LogP contribution in [-0.4, -0.2) is 96.2 Å². The predicted octanol–water partition coefficient (Wildman–Crippen LogP) is 16.7. The number of aliphatic carboxylic acids is 4. The van der Waals surface area contributed by atoms with E-state index in [1.807, 2.05) is 32.0 Å². The monoisotopic (exact) mass is 1630 g/mol. The highest BCUT2D eigenvalue weighted by Crippen LogP contribution is 2.49. The highest BCUT2D eigenvalue weighted by atomic mass is 35.5. The molecule has 16 rings (SSSR count). The van der Waals surface area contributed by atoms with Crippen molar-refractivity contribution in [3.63, 3.8) is 0 Å². The molecule has 0 radical (unpaired) electrons. The van der Waals surface area contributed by atoms with Gasteiger partial charge in [0.05, 0.1) is 30.6 Å². The van der Waals surface area contributed by atoms with E-state index in [4.69, 9.17) is 58.0 Å². The van der Waals surface area contributed by atoms with Gasteiger partial charge in [0.2, 0.25) is 39.3 Å². The first-order valence-corrected chi connectivity index (χ1v) is 40.2. The van der Waals surface area contributed by atoms with Gasteiger partial charge in [-0.15, -0.1) is 0 Å². The van der Waals surface area contributed by atoms with Crippen LogP contribution >= 0.6 is 58.0 Å². The third-order valence-corrected chi connectivity index (χ3v) is 26.1. The van der Waals surface area contributed by atoms with E-state index in [9.17, 15) is 82.1 Å². The molecule has 0 spiro atoms. The van der Waals surface area contributed by atoms with Gasteiger partial charge in [0.15, 0.2) is 0 Å². The number of fused-ring (bicyclic) bond motifs is 8. The van der Waals surface area contributed by atoms with Gasteiger partial charge in [-0.05, 0) is 162 Å². The minimum Gasteiger partial charge on any atom is -0.480 e. The van der Waals surface area contributed by atoms with Crippen LogP contribution in [0.5, 0.6) is 0 Å². The molecule has 4 aromatic heterocycles. The molecule has 31 heteroatoms. The second kappa shape index (κ2) is 28.1. The summed E-state index contributed by atoms with van der Waals surface area (Å²) in [5.41, 5.74) is 12.0. The maximum absolute atomic E-state index is 13.9.